The van der Waals surface area contributed by atoms with Gasteiger partial charge in [0.2, 0.25) is 5.82 Å². The summed E-state index contributed by atoms with van der Waals surface area (Å²) in [7, 11) is -3.11. The molecule has 2 heterocycles. The molecule has 13 nitrogen and oxygen atoms in total. The van der Waals surface area contributed by atoms with Crippen molar-refractivity contribution in [1.29, 1.82) is 0 Å². The average molecular weight is 655 g/mol. The van der Waals surface area contributed by atoms with Crippen LogP contribution in [0.3, 0.4) is 0 Å². The zero-order chi connectivity index (χ0) is 32.2. The number of benzene rings is 2. The Morgan fingerprint density at radius 2 is 1.84 bits per heavy atom. The number of ether oxygens (including phenoxy) is 1. The minimum absolute atomic E-state index is 0.0503. The van der Waals surface area contributed by atoms with Gasteiger partial charge in [0.25, 0.3) is 12.3 Å². The van der Waals surface area contributed by atoms with E-state index in [1.165, 1.54) is 30.5 Å². The van der Waals surface area contributed by atoms with Gasteiger partial charge in [-0.05, 0) is 73.5 Å². The van der Waals surface area contributed by atoms with Crippen LogP contribution >= 0.6 is 11.8 Å². The largest absolute Gasteiger partial charge is 0.446 e. The van der Waals surface area contributed by atoms with Crippen molar-refractivity contribution in [1.82, 2.24) is 25.4 Å². The number of alkyl halides is 2. The molecule has 2 amide bonds. The van der Waals surface area contributed by atoms with Crippen molar-refractivity contribution in [3.63, 3.8) is 0 Å². The molecule has 1 unspecified atom stereocenters. The first-order chi connectivity index (χ1) is 20.7. The number of halogens is 3. The molecule has 0 aliphatic carbocycles. The van der Waals surface area contributed by atoms with Crippen molar-refractivity contribution in [2.45, 2.75) is 42.7 Å². The van der Waals surface area contributed by atoms with Crippen molar-refractivity contribution in [3.05, 3.63) is 70.0 Å². The molecular formula is C26H25F3N6O7S2. The third-order valence-electron chi connectivity index (χ3n) is 5.57. The maximum absolute atomic E-state index is 13.8. The fourth-order valence-corrected chi connectivity index (χ4v) is 5.44. The second-order valence-corrected chi connectivity index (χ2v) is 13.4. The summed E-state index contributed by atoms with van der Waals surface area (Å²) in [5.74, 6) is -2.61. The third-order valence-corrected chi connectivity index (χ3v) is 8.16. The Balaban J connectivity index is 1.40. The first kappa shape index (κ1) is 32.5. The number of rotatable bonds is 9. The van der Waals surface area contributed by atoms with Crippen LogP contribution in [0, 0.1) is 5.82 Å². The van der Waals surface area contributed by atoms with Crippen LogP contribution in [-0.2, 0) is 14.5 Å². The first-order valence-corrected chi connectivity index (χ1v) is 15.5. The maximum atomic E-state index is 13.8. The molecule has 234 valence electrons. The van der Waals surface area contributed by atoms with Crippen LogP contribution in [-0.4, -0.2) is 60.4 Å². The Hall–Kier alpha value is -4.45. The smallest absolute Gasteiger partial charge is 0.442 e. The Morgan fingerprint density at radius 3 is 2.50 bits per heavy atom. The molecule has 44 heavy (non-hydrogen) atoms. The summed E-state index contributed by atoms with van der Waals surface area (Å²) >= 11 is 1.07. The van der Waals surface area contributed by atoms with Gasteiger partial charge in [-0.1, -0.05) is 16.9 Å². The fourth-order valence-electron chi connectivity index (χ4n) is 3.63. The summed E-state index contributed by atoms with van der Waals surface area (Å²) in [5.41, 5.74) is -1.65. The lowest BCUT2D eigenvalue weighted by Gasteiger charge is -2.17. The zero-order valence-corrected chi connectivity index (χ0v) is 25.2. The minimum Gasteiger partial charge on any atom is -0.442 e. The Bertz CT molecular complexity index is 1860. The molecule has 0 fully saturated rings. The quantitative estimate of drug-likeness (QED) is 0.193. The van der Waals surface area contributed by atoms with Gasteiger partial charge >= 0.3 is 11.8 Å². The van der Waals surface area contributed by atoms with Crippen LogP contribution < -0.4 is 11.1 Å². The molecule has 4 rings (SSSR count). The summed E-state index contributed by atoms with van der Waals surface area (Å²) in [6.07, 6.45) is -2.80. The first-order valence-electron chi connectivity index (χ1n) is 12.6. The summed E-state index contributed by atoms with van der Waals surface area (Å²) in [6.45, 7) is 5.11. The zero-order valence-electron chi connectivity index (χ0n) is 23.6. The molecule has 0 bridgehead atoms. The lowest BCUT2D eigenvalue weighted by atomic mass is 10.2. The monoisotopic (exact) mass is 654 g/mol. The SMILES string of the molecule is CC(C)(C)OC(=O)N=S(C)(=O)c1ccc(C(=O)NCCSc2nonc2-c2noc(=O)n2-c2ccc(F)c(C(F)F)c2)cc1. The van der Waals surface area contributed by atoms with Crippen LogP contribution in [0.2, 0.25) is 0 Å². The minimum atomic E-state index is -3.13. The van der Waals surface area contributed by atoms with E-state index >= 15 is 0 Å². The van der Waals surface area contributed by atoms with E-state index in [-0.39, 0.29) is 45.0 Å². The number of hydrogen-bond acceptors (Lipinski definition) is 11. The third kappa shape index (κ3) is 7.73. The van der Waals surface area contributed by atoms with E-state index in [2.05, 4.69) is 29.7 Å². The summed E-state index contributed by atoms with van der Waals surface area (Å²) in [6, 6.07) is 8.40. The molecule has 0 radical (unpaired) electrons. The van der Waals surface area contributed by atoms with Gasteiger partial charge in [0.15, 0.2) is 10.7 Å². The van der Waals surface area contributed by atoms with E-state index in [0.29, 0.717) is 0 Å². The molecule has 18 heteroatoms. The number of amides is 2. The highest BCUT2D eigenvalue weighted by Gasteiger charge is 2.25. The Morgan fingerprint density at radius 1 is 1.14 bits per heavy atom. The van der Waals surface area contributed by atoms with E-state index in [1.54, 1.807) is 20.8 Å². The van der Waals surface area contributed by atoms with E-state index in [9.17, 15) is 31.8 Å². The molecule has 2 aromatic carbocycles. The van der Waals surface area contributed by atoms with E-state index in [4.69, 9.17) is 9.37 Å². The predicted molar refractivity (Wildman–Crippen MR) is 151 cm³/mol. The Labute approximate surface area is 252 Å². The average Bonchev–Trinajstić information content (AvgIpc) is 3.55. The molecule has 2 aromatic heterocycles. The van der Waals surface area contributed by atoms with Gasteiger partial charge in [0, 0.05) is 29.0 Å². The molecule has 1 atom stereocenters. The van der Waals surface area contributed by atoms with E-state index in [0.717, 1.165) is 34.5 Å². The van der Waals surface area contributed by atoms with E-state index < -0.39 is 50.9 Å². The van der Waals surface area contributed by atoms with Crippen molar-refractivity contribution >= 4 is 33.5 Å². The van der Waals surface area contributed by atoms with Crippen molar-refractivity contribution < 1.29 is 40.9 Å². The number of nitrogens with zero attached hydrogens (tertiary/aromatic N) is 5. The van der Waals surface area contributed by atoms with E-state index in [1.807, 2.05) is 0 Å². The topological polar surface area (TPSA) is 172 Å². The fraction of sp³-hybridized carbons (Fsp3) is 0.308. The second kappa shape index (κ2) is 13.0. The molecule has 0 spiro atoms. The van der Waals surface area contributed by atoms with Gasteiger partial charge in [0.05, 0.1) is 21.0 Å². The van der Waals surface area contributed by atoms with Crippen LogP contribution in [0.1, 0.15) is 43.1 Å². The molecule has 4 aromatic rings. The Kier molecular flexibility index (Phi) is 9.62. The molecule has 0 aliphatic heterocycles. The highest BCUT2D eigenvalue weighted by molar-refractivity contribution is 7.99. The summed E-state index contributed by atoms with van der Waals surface area (Å²) < 4.78 is 72.1. The highest BCUT2D eigenvalue weighted by atomic mass is 32.2. The number of hydrogen-bond donors (Lipinski definition) is 1. The molecule has 0 aliphatic rings. The van der Waals surface area contributed by atoms with Crippen molar-refractivity contribution in [3.8, 4) is 17.2 Å². The number of carbonyl (C=O) groups is 2. The van der Waals surface area contributed by atoms with Gasteiger partial charge in [-0.3, -0.25) is 9.32 Å². The maximum Gasteiger partial charge on any atom is 0.446 e. The predicted octanol–water partition coefficient (Wildman–Crippen LogP) is 4.87. The standard InChI is InChI=1S/C26H25F3N6O7S2/c1-26(2,3)40-24(37)34-44(4,39)16-8-5-14(6-9-16)22(36)30-11-12-43-23-19(31-42-33-23)21-32-41-25(38)35(21)15-7-10-18(27)17(13-15)20(28)29/h5-10,13,20H,11-12H2,1-4H3,(H,30,36). The van der Waals surface area contributed by atoms with Gasteiger partial charge in [-0.15, -0.1) is 4.36 Å². The number of aromatic nitrogens is 4. The van der Waals surface area contributed by atoms with Gasteiger partial charge in [0.1, 0.15) is 11.4 Å². The van der Waals surface area contributed by atoms with Crippen LogP contribution in [0.25, 0.3) is 17.2 Å². The van der Waals surface area contributed by atoms with Gasteiger partial charge in [-0.2, -0.15) is 0 Å². The van der Waals surface area contributed by atoms with Gasteiger partial charge in [-0.25, -0.2) is 36.2 Å². The highest BCUT2D eigenvalue weighted by Crippen LogP contribution is 2.30. The van der Waals surface area contributed by atoms with Gasteiger partial charge < -0.3 is 10.1 Å². The molecule has 0 saturated carbocycles. The van der Waals surface area contributed by atoms with Crippen molar-refractivity contribution in [2.75, 3.05) is 18.6 Å². The van der Waals surface area contributed by atoms with Crippen LogP contribution in [0.4, 0.5) is 18.0 Å². The lowest BCUT2D eigenvalue weighted by Crippen LogP contribution is -2.25. The van der Waals surface area contributed by atoms with Crippen LogP contribution in [0.15, 0.2) is 70.7 Å². The second-order valence-electron chi connectivity index (χ2n) is 10.0. The van der Waals surface area contributed by atoms with Crippen LogP contribution in [0.5, 0.6) is 0 Å². The molecule has 1 N–H and O–H groups in total. The number of thioether (sulfide) groups is 1. The summed E-state index contributed by atoms with van der Waals surface area (Å²) in [4.78, 5) is 37.2. The molecule has 0 saturated heterocycles. The van der Waals surface area contributed by atoms with Crippen molar-refractivity contribution in [2.24, 2.45) is 4.36 Å². The lowest BCUT2D eigenvalue weighted by molar-refractivity contribution is 0.0607. The number of carbonyl (C=O) groups excluding carboxylic acids is 2. The summed E-state index contributed by atoms with van der Waals surface area (Å²) in [5, 5.41) is 14.0. The number of nitrogens with one attached hydrogen (secondary N) is 1. The molecular weight excluding hydrogens is 629 g/mol. The normalized spacial score (nSPS) is 13.0.